The quantitative estimate of drug-likeness (QED) is 0.559. The van der Waals surface area contributed by atoms with Gasteiger partial charge in [-0.05, 0) is 74.7 Å². The summed E-state index contributed by atoms with van der Waals surface area (Å²) in [5.41, 5.74) is 2.54. The zero-order valence-electron chi connectivity index (χ0n) is 20.2. The number of aromatic nitrogens is 5. The number of nitrogens with one attached hydrogen (secondary N) is 1. The molecule has 9 nitrogen and oxygen atoms in total. The summed E-state index contributed by atoms with van der Waals surface area (Å²) < 4.78 is 7.33. The van der Waals surface area contributed by atoms with Crippen LogP contribution >= 0.6 is 0 Å². The monoisotopic (exact) mass is 453 g/mol. The Bertz CT molecular complexity index is 1130. The van der Waals surface area contributed by atoms with Crippen LogP contribution in [-0.4, -0.2) is 74.4 Å². The maximum absolute atomic E-state index is 12.9. The number of aromatic amines is 1. The van der Waals surface area contributed by atoms with Crippen molar-refractivity contribution < 1.29 is 4.74 Å². The molecule has 1 N–H and O–H groups in total. The molecule has 0 radical (unpaired) electrons. The number of benzene rings is 1. The fourth-order valence-corrected chi connectivity index (χ4v) is 4.31. The molecule has 4 rings (SSSR count). The highest BCUT2D eigenvalue weighted by atomic mass is 16.5. The Morgan fingerprint density at radius 1 is 1.15 bits per heavy atom. The smallest absolute Gasteiger partial charge is 0.252 e. The zero-order chi connectivity index (χ0) is 23.4. The molecule has 2 aromatic heterocycles. The number of ether oxygens (including phenoxy) is 1. The lowest BCUT2D eigenvalue weighted by Crippen LogP contribution is -2.38. The van der Waals surface area contributed by atoms with Gasteiger partial charge in [0.1, 0.15) is 0 Å². The van der Waals surface area contributed by atoms with E-state index in [1.807, 2.05) is 22.9 Å². The lowest BCUT2D eigenvalue weighted by molar-refractivity contribution is 0.0358. The van der Waals surface area contributed by atoms with Gasteiger partial charge in [0.05, 0.1) is 25.3 Å². The van der Waals surface area contributed by atoms with E-state index < -0.39 is 0 Å². The number of pyridine rings is 1. The fourth-order valence-electron chi connectivity index (χ4n) is 4.31. The van der Waals surface area contributed by atoms with Crippen LogP contribution in [0.3, 0.4) is 0 Å². The molecule has 0 aliphatic carbocycles. The highest BCUT2D eigenvalue weighted by Gasteiger charge is 2.22. The summed E-state index contributed by atoms with van der Waals surface area (Å²) in [4.78, 5) is 20.6. The normalized spacial score (nSPS) is 15.5. The van der Waals surface area contributed by atoms with E-state index in [0.29, 0.717) is 13.1 Å². The van der Waals surface area contributed by atoms with Gasteiger partial charge in [0.25, 0.3) is 5.56 Å². The molecular weight excluding hydrogens is 418 g/mol. The first-order chi connectivity index (χ1) is 15.8. The Morgan fingerprint density at radius 2 is 1.94 bits per heavy atom. The molecule has 0 unspecified atom stereocenters. The van der Waals surface area contributed by atoms with E-state index in [0.717, 1.165) is 68.1 Å². The van der Waals surface area contributed by atoms with Gasteiger partial charge in [0.2, 0.25) is 0 Å². The molecule has 0 saturated carbocycles. The van der Waals surface area contributed by atoms with Crippen LogP contribution in [0, 0.1) is 6.92 Å². The minimum absolute atomic E-state index is 0.0417. The first kappa shape index (κ1) is 23.5. The van der Waals surface area contributed by atoms with Crippen molar-refractivity contribution in [3.63, 3.8) is 0 Å². The lowest BCUT2D eigenvalue weighted by Gasteiger charge is -2.28. The number of aryl methyl sites for hydroxylation is 1. The summed E-state index contributed by atoms with van der Waals surface area (Å²) in [5, 5.41) is 13.5. The number of H-pyrrole nitrogens is 1. The van der Waals surface area contributed by atoms with Crippen LogP contribution in [0.2, 0.25) is 0 Å². The summed E-state index contributed by atoms with van der Waals surface area (Å²) in [6.45, 7) is 14.9. The van der Waals surface area contributed by atoms with Gasteiger partial charge in [-0.3, -0.25) is 14.6 Å². The summed E-state index contributed by atoms with van der Waals surface area (Å²) in [7, 11) is 0. The summed E-state index contributed by atoms with van der Waals surface area (Å²) in [6, 6.07) is 8.11. The van der Waals surface area contributed by atoms with Gasteiger partial charge in [0.15, 0.2) is 5.82 Å². The van der Waals surface area contributed by atoms with Crippen molar-refractivity contribution in [2.75, 3.05) is 39.4 Å². The van der Waals surface area contributed by atoms with Crippen molar-refractivity contribution in [1.82, 2.24) is 35.0 Å². The average Bonchev–Trinajstić information content (AvgIpc) is 3.24. The van der Waals surface area contributed by atoms with Crippen LogP contribution in [0.25, 0.3) is 10.9 Å². The Balaban J connectivity index is 1.54. The highest BCUT2D eigenvalue weighted by Crippen LogP contribution is 2.17. The topological polar surface area (TPSA) is 92.2 Å². The Hall–Kier alpha value is -2.62. The Morgan fingerprint density at radius 3 is 2.70 bits per heavy atom. The number of hydrogen-bond acceptors (Lipinski definition) is 7. The first-order valence-corrected chi connectivity index (χ1v) is 11.7. The van der Waals surface area contributed by atoms with Crippen molar-refractivity contribution in [3.05, 3.63) is 51.6 Å². The zero-order valence-corrected chi connectivity index (χ0v) is 20.2. The molecule has 9 heteroatoms. The van der Waals surface area contributed by atoms with Crippen LogP contribution in [0.5, 0.6) is 0 Å². The number of morpholine rings is 1. The minimum Gasteiger partial charge on any atom is -0.379 e. The number of nitrogens with zero attached hydrogens (tertiary/aromatic N) is 6. The highest BCUT2D eigenvalue weighted by molar-refractivity contribution is 5.79. The van der Waals surface area contributed by atoms with Crippen LogP contribution in [0.1, 0.15) is 44.1 Å². The molecule has 0 spiro atoms. The summed E-state index contributed by atoms with van der Waals surface area (Å²) in [6.07, 6.45) is 1.00. The molecule has 1 aromatic carbocycles. The fraction of sp³-hybridized carbons (Fsp3) is 0.583. The minimum atomic E-state index is -0.212. The number of fused-ring (bicyclic) bond motifs is 1. The van der Waals surface area contributed by atoms with E-state index in [-0.39, 0.29) is 11.1 Å². The second-order valence-electron chi connectivity index (χ2n) is 9.91. The van der Waals surface area contributed by atoms with Crippen molar-refractivity contribution in [2.45, 2.75) is 52.7 Å². The largest absolute Gasteiger partial charge is 0.379 e. The Labute approximate surface area is 194 Å². The molecule has 1 saturated heterocycles. The van der Waals surface area contributed by atoms with Crippen LogP contribution in [0.15, 0.2) is 29.1 Å². The van der Waals surface area contributed by atoms with E-state index >= 15 is 0 Å². The standard InChI is InChI=1S/C24H35N7O2/c1-18-6-7-21-19(14-18)15-20(23(32)25-21)16-30(9-5-8-29-10-12-33-13-11-29)17-22-26-27-28-31(22)24(2,3)4/h6-7,14-15H,5,8-13,16-17H2,1-4H3,(H,25,32). The van der Waals surface area contributed by atoms with Gasteiger partial charge in [-0.15, -0.1) is 5.10 Å². The number of tetrazole rings is 1. The van der Waals surface area contributed by atoms with Gasteiger partial charge in [-0.2, -0.15) is 0 Å². The first-order valence-electron chi connectivity index (χ1n) is 11.7. The van der Waals surface area contributed by atoms with Gasteiger partial charge >= 0.3 is 0 Å². The van der Waals surface area contributed by atoms with Crippen molar-refractivity contribution in [3.8, 4) is 0 Å². The third-order valence-electron chi connectivity index (χ3n) is 6.06. The molecule has 3 aromatic rings. The van der Waals surface area contributed by atoms with Crippen molar-refractivity contribution in [1.29, 1.82) is 0 Å². The van der Waals surface area contributed by atoms with Crippen LogP contribution < -0.4 is 5.56 Å². The van der Waals surface area contributed by atoms with Gasteiger partial charge in [-0.25, -0.2) is 4.68 Å². The van der Waals surface area contributed by atoms with E-state index in [1.165, 1.54) is 5.56 Å². The maximum Gasteiger partial charge on any atom is 0.252 e. The summed E-state index contributed by atoms with van der Waals surface area (Å²) in [5.74, 6) is 0.807. The molecule has 0 bridgehead atoms. The number of rotatable bonds is 8. The van der Waals surface area contributed by atoms with E-state index in [9.17, 15) is 4.79 Å². The molecule has 1 aliphatic rings. The van der Waals surface area contributed by atoms with Crippen LogP contribution in [-0.2, 0) is 23.4 Å². The molecule has 1 aliphatic heterocycles. The van der Waals surface area contributed by atoms with Gasteiger partial charge in [-0.1, -0.05) is 11.6 Å². The lowest BCUT2D eigenvalue weighted by atomic mass is 10.1. The maximum atomic E-state index is 12.9. The van der Waals surface area contributed by atoms with Gasteiger partial charge < -0.3 is 9.72 Å². The van der Waals surface area contributed by atoms with E-state index in [2.05, 4.69) is 64.1 Å². The molecule has 3 heterocycles. The molecule has 33 heavy (non-hydrogen) atoms. The van der Waals surface area contributed by atoms with E-state index in [1.54, 1.807) is 0 Å². The number of hydrogen-bond donors (Lipinski definition) is 1. The molecule has 0 amide bonds. The Kier molecular flexibility index (Phi) is 7.21. The average molecular weight is 454 g/mol. The third-order valence-corrected chi connectivity index (χ3v) is 6.06. The second kappa shape index (κ2) is 10.1. The molecule has 1 fully saturated rings. The molecule has 0 atom stereocenters. The predicted octanol–water partition coefficient (Wildman–Crippen LogP) is 2.30. The predicted molar refractivity (Wildman–Crippen MR) is 128 cm³/mol. The third kappa shape index (κ3) is 6.04. The van der Waals surface area contributed by atoms with Crippen molar-refractivity contribution >= 4 is 10.9 Å². The van der Waals surface area contributed by atoms with Crippen LogP contribution in [0.4, 0.5) is 0 Å². The molecule has 178 valence electrons. The van der Waals surface area contributed by atoms with Crippen molar-refractivity contribution in [2.24, 2.45) is 0 Å². The van der Waals surface area contributed by atoms with Gasteiger partial charge in [0, 0.05) is 37.3 Å². The molecular formula is C24H35N7O2. The second-order valence-corrected chi connectivity index (χ2v) is 9.91. The summed E-state index contributed by atoms with van der Waals surface area (Å²) >= 11 is 0. The SMILES string of the molecule is Cc1ccc2[nH]c(=O)c(CN(CCCN3CCOCC3)Cc3nnnn3C(C)(C)C)cc2c1. The van der Waals surface area contributed by atoms with E-state index in [4.69, 9.17) is 4.74 Å².